The maximum absolute atomic E-state index is 12.1. The highest BCUT2D eigenvalue weighted by atomic mass is 16.4. The quantitative estimate of drug-likeness (QED) is 0.751. The van der Waals surface area contributed by atoms with E-state index in [0.29, 0.717) is 5.76 Å². The average Bonchev–Trinajstić information content (AvgIpc) is 3.16. The summed E-state index contributed by atoms with van der Waals surface area (Å²) in [5.74, 6) is 0.193. The van der Waals surface area contributed by atoms with Gasteiger partial charge in [-0.25, -0.2) is 0 Å². The van der Waals surface area contributed by atoms with E-state index in [1.54, 1.807) is 29.9 Å². The molecule has 0 radical (unpaired) electrons. The van der Waals surface area contributed by atoms with Gasteiger partial charge < -0.3 is 14.8 Å². The zero-order chi connectivity index (χ0) is 15.6. The lowest BCUT2D eigenvalue weighted by Crippen LogP contribution is -2.39. The van der Waals surface area contributed by atoms with Crippen molar-refractivity contribution < 1.29 is 14.3 Å². The highest BCUT2D eigenvalue weighted by Gasteiger charge is 2.26. The Morgan fingerprint density at radius 1 is 1.36 bits per heavy atom. The molecule has 2 heterocycles. The highest BCUT2D eigenvalue weighted by Crippen LogP contribution is 2.19. The van der Waals surface area contributed by atoms with Gasteiger partial charge in [-0.05, 0) is 25.1 Å². The number of carbonyl (C=O) groups is 1. The summed E-state index contributed by atoms with van der Waals surface area (Å²) in [5, 5.41) is 18.2. The smallest absolute Gasteiger partial charge is 0.241 e. The summed E-state index contributed by atoms with van der Waals surface area (Å²) in [6.07, 6.45) is 3.21. The lowest BCUT2D eigenvalue weighted by atomic mass is 10.0. The minimum Gasteiger partial charge on any atom is -0.466 e. The van der Waals surface area contributed by atoms with Crippen LogP contribution in [0.1, 0.15) is 12.7 Å². The molecule has 114 valence electrons. The van der Waals surface area contributed by atoms with Crippen LogP contribution in [0.3, 0.4) is 0 Å². The molecule has 0 fully saturated rings. The molecule has 6 heteroatoms. The Bertz CT molecular complexity index is 775. The van der Waals surface area contributed by atoms with E-state index < -0.39 is 5.60 Å². The van der Waals surface area contributed by atoms with Crippen LogP contribution >= 0.6 is 0 Å². The van der Waals surface area contributed by atoms with Crippen LogP contribution in [0.25, 0.3) is 10.9 Å². The topological polar surface area (TPSA) is 80.3 Å². The summed E-state index contributed by atoms with van der Waals surface area (Å²) in [4.78, 5) is 12.1. The molecule has 0 bridgehead atoms. The van der Waals surface area contributed by atoms with Gasteiger partial charge in [0.2, 0.25) is 5.91 Å². The van der Waals surface area contributed by atoms with Crippen LogP contribution in [0.2, 0.25) is 0 Å². The Kier molecular flexibility index (Phi) is 3.68. The third-order valence-corrected chi connectivity index (χ3v) is 3.53. The molecule has 1 atom stereocenters. The Balaban J connectivity index is 1.63. The van der Waals surface area contributed by atoms with Crippen molar-refractivity contribution in [3.8, 4) is 0 Å². The minimum absolute atomic E-state index is 0.0680. The summed E-state index contributed by atoms with van der Waals surface area (Å²) in [6, 6.07) is 11.1. The minimum atomic E-state index is -1.24. The van der Waals surface area contributed by atoms with E-state index in [-0.39, 0.29) is 19.0 Å². The SMILES string of the molecule is CC(O)(CNC(=O)Cn1ncc2ccccc21)c1ccco1. The maximum atomic E-state index is 12.1. The summed E-state index contributed by atoms with van der Waals surface area (Å²) in [5.41, 5.74) is -0.346. The molecule has 3 rings (SSSR count). The monoisotopic (exact) mass is 299 g/mol. The van der Waals surface area contributed by atoms with Gasteiger partial charge in [-0.15, -0.1) is 0 Å². The van der Waals surface area contributed by atoms with Crippen LogP contribution < -0.4 is 5.32 Å². The van der Waals surface area contributed by atoms with Crippen LogP contribution in [-0.4, -0.2) is 27.3 Å². The van der Waals surface area contributed by atoms with Crippen LogP contribution in [0.5, 0.6) is 0 Å². The number of hydrogen-bond donors (Lipinski definition) is 2. The number of benzene rings is 1. The summed E-state index contributed by atoms with van der Waals surface area (Å²) in [7, 11) is 0. The number of rotatable bonds is 5. The number of fused-ring (bicyclic) bond motifs is 1. The van der Waals surface area contributed by atoms with E-state index in [1.165, 1.54) is 6.26 Å². The molecule has 1 amide bonds. The molecule has 0 aliphatic heterocycles. The number of nitrogens with one attached hydrogen (secondary N) is 1. The number of hydrogen-bond acceptors (Lipinski definition) is 4. The van der Waals surface area contributed by atoms with Crippen LogP contribution in [0.4, 0.5) is 0 Å². The fourth-order valence-electron chi connectivity index (χ4n) is 2.29. The van der Waals surface area contributed by atoms with E-state index in [0.717, 1.165) is 10.9 Å². The molecule has 0 aliphatic rings. The third kappa shape index (κ3) is 2.87. The van der Waals surface area contributed by atoms with E-state index in [1.807, 2.05) is 24.3 Å². The molecule has 0 aliphatic carbocycles. The van der Waals surface area contributed by atoms with Gasteiger partial charge in [-0.1, -0.05) is 18.2 Å². The van der Waals surface area contributed by atoms with Crippen LogP contribution in [0.15, 0.2) is 53.3 Å². The molecular formula is C16H17N3O3. The molecule has 0 saturated heterocycles. The summed E-state index contributed by atoms with van der Waals surface area (Å²) < 4.78 is 6.81. The molecule has 0 saturated carbocycles. The zero-order valence-corrected chi connectivity index (χ0v) is 12.2. The largest absolute Gasteiger partial charge is 0.466 e. The van der Waals surface area contributed by atoms with Gasteiger partial charge in [0.05, 0.1) is 24.5 Å². The lowest BCUT2D eigenvalue weighted by Gasteiger charge is -2.21. The number of para-hydroxylation sites is 1. The Morgan fingerprint density at radius 3 is 2.95 bits per heavy atom. The molecule has 2 aromatic heterocycles. The van der Waals surface area contributed by atoms with E-state index in [4.69, 9.17) is 4.42 Å². The van der Waals surface area contributed by atoms with Gasteiger partial charge in [0.1, 0.15) is 17.9 Å². The van der Waals surface area contributed by atoms with Gasteiger partial charge in [0, 0.05) is 5.39 Å². The second kappa shape index (κ2) is 5.65. The number of amides is 1. The van der Waals surface area contributed by atoms with Gasteiger partial charge in [0.15, 0.2) is 0 Å². The fraction of sp³-hybridized carbons (Fsp3) is 0.250. The Hall–Kier alpha value is -2.60. The second-order valence-corrected chi connectivity index (χ2v) is 5.39. The molecule has 2 N–H and O–H groups in total. The highest BCUT2D eigenvalue weighted by molar-refractivity contribution is 5.81. The predicted octanol–water partition coefficient (Wildman–Crippen LogP) is 1.65. The summed E-state index contributed by atoms with van der Waals surface area (Å²) in [6.45, 7) is 1.76. The number of aliphatic hydroxyl groups is 1. The van der Waals surface area contributed by atoms with Crippen LogP contribution in [0, 0.1) is 0 Å². The second-order valence-electron chi connectivity index (χ2n) is 5.39. The van der Waals surface area contributed by atoms with Crippen molar-refractivity contribution in [1.29, 1.82) is 0 Å². The zero-order valence-electron chi connectivity index (χ0n) is 12.2. The van der Waals surface area contributed by atoms with Gasteiger partial charge in [-0.3, -0.25) is 9.48 Å². The summed E-state index contributed by atoms with van der Waals surface area (Å²) >= 11 is 0. The third-order valence-electron chi connectivity index (χ3n) is 3.53. The van der Waals surface area contributed by atoms with Crippen molar-refractivity contribution in [2.45, 2.75) is 19.1 Å². The normalized spacial score (nSPS) is 13.9. The molecule has 0 spiro atoms. The molecular weight excluding hydrogens is 282 g/mol. The molecule has 1 unspecified atom stereocenters. The van der Waals surface area contributed by atoms with Crippen LogP contribution in [-0.2, 0) is 16.9 Å². The molecule has 6 nitrogen and oxygen atoms in total. The first-order valence-corrected chi connectivity index (χ1v) is 7.00. The van der Waals surface area contributed by atoms with Crippen molar-refractivity contribution in [2.75, 3.05) is 6.54 Å². The number of carbonyl (C=O) groups excluding carboxylic acids is 1. The van der Waals surface area contributed by atoms with Crippen molar-refractivity contribution in [3.05, 3.63) is 54.6 Å². The Morgan fingerprint density at radius 2 is 2.18 bits per heavy atom. The average molecular weight is 299 g/mol. The van der Waals surface area contributed by atoms with Crippen molar-refractivity contribution >= 4 is 16.8 Å². The number of nitrogens with zero attached hydrogens (tertiary/aromatic N) is 2. The lowest BCUT2D eigenvalue weighted by molar-refractivity contribution is -0.123. The van der Waals surface area contributed by atoms with E-state index in [2.05, 4.69) is 10.4 Å². The van der Waals surface area contributed by atoms with Crippen molar-refractivity contribution in [3.63, 3.8) is 0 Å². The number of furan rings is 1. The molecule has 22 heavy (non-hydrogen) atoms. The van der Waals surface area contributed by atoms with Crippen molar-refractivity contribution in [1.82, 2.24) is 15.1 Å². The first-order chi connectivity index (χ1) is 10.6. The van der Waals surface area contributed by atoms with Gasteiger partial charge >= 0.3 is 0 Å². The maximum Gasteiger partial charge on any atom is 0.241 e. The molecule has 1 aromatic carbocycles. The van der Waals surface area contributed by atoms with Gasteiger partial charge in [0.25, 0.3) is 0 Å². The first kappa shape index (κ1) is 14.3. The molecule has 3 aromatic rings. The van der Waals surface area contributed by atoms with E-state index >= 15 is 0 Å². The van der Waals surface area contributed by atoms with Crippen molar-refractivity contribution in [2.24, 2.45) is 0 Å². The standard InChI is InChI=1S/C16H17N3O3/c1-16(21,14-7-4-8-22-14)11-17-15(20)10-19-13-6-3-2-5-12(13)9-18-19/h2-9,21H,10-11H2,1H3,(H,17,20). The number of aromatic nitrogens is 2. The Labute approximate surface area is 127 Å². The van der Waals surface area contributed by atoms with E-state index in [9.17, 15) is 9.90 Å². The predicted molar refractivity (Wildman–Crippen MR) is 81.0 cm³/mol. The van der Waals surface area contributed by atoms with Gasteiger partial charge in [-0.2, -0.15) is 5.10 Å². The fourth-order valence-corrected chi connectivity index (χ4v) is 2.29. The first-order valence-electron chi connectivity index (χ1n) is 7.00.